The van der Waals surface area contributed by atoms with Gasteiger partial charge < -0.3 is 9.55 Å². The lowest BCUT2D eigenvalue weighted by molar-refractivity contribution is 0.202. The molecule has 1 aliphatic rings. The van der Waals surface area contributed by atoms with Crippen LogP contribution < -0.4 is 5.56 Å². The van der Waals surface area contributed by atoms with Crippen molar-refractivity contribution in [2.24, 2.45) is 14.1 Å². The highest BCUT2D eigenvalue weighted by atomic mass is 16.1. The number of hydrogen-bond acceptors (Lipinski definition) is 3. The van der Waals surface area contributed by atoms with Gasteiger partial charge in [-0.15, -0.1) is 0 Å². The van der Waals surface area contributed by atoms with Gasteiger partial charge >= 0.3 is 0 Å². The highest BCUT2D eigenvalue weighted by Crippen LogP contribution is 2.38. The Hall–Kier alpha value is -3.12. The number of nitrogens with zero attached hydrogens (tertiary/aromatic N) is 4. The minimum absolute atomic E-state index is 0.0580. The van der Waals surface area contributed by atoms with Gasteiger partial charge in [-0.05, 0) is 80.1 Å². The van der Waals surface area contributed by atoms with Gasteiger partial charge in [-0.25, -0.2) is 0 Å². The molecule has 0 atom stereocenters. The van der Waals surface area contributed by atoms with Gasteiger partial charge in [0.05, 0.1) is 11.4 Å². The fourth-order valence-corrected chi connectivity index (χ4v) is 5.53. The Balaban J connectivity index is 1.42. The molecular formula is C28H35N5O. The second-order valence-electron chi connectivity index (χ2n) is 10.2. The quantitative estimate of drug-likeness (QED) is 0.455. The number of aromatic amines is 1. The maximum Gasteiger partial charge on any atom is 0.253 e. The Morgan fingerprint density at radius 1 is 1.12 bits per heavy atom. The van der Waals surface area contributed by atoms with Gasteiger partial charge in [0, 0.05) is 55.1 Å². The van der Waals surface area contributed by atoms with Crippen molar-refractivity contribution in [1.29, 1.82) is 0 Å². The molecule has 1 aliphatic heterocycles. The van der Waals surface area contributed by atoms with Gasteiger partial charge in [-0.1, -0.05) is 19.9 Å². The summed E-state index contributed by atoms with van der Waals surface area (Å²) in [6, 6.07) is 11.1. The van der Waals surface area contributed by atoms with E-state index in [0.29, 0.717) is 11.8 Å². The number of nitrogens with one attached hydrogen (secondary N) is 1. The van der Waals surface area contributed by atoms with Crippen molar-refractivity contribution in [3.8, 4) is 11.3 Å². The van der Waals surface area contributed by atoms with Crippen molar-refractivity contribution in [2.45, 2.75) is 52.0 Å². The van der Waals surface area contributed by atoms with E-state index in [-0.39, 0.29) is 5.56 Å². The summed E-state index contributed by atoms with van der Waals surface area (Å²) in [6.07, 6.45) is 6.31. The van der Waals surface area contributed by atoms with Crippen LogP contribution in [0.1, 0.15) is 60.9 Å². The van der Waals surface area contributed by atoms with Crippen molar-refractivity contribution in [1.82, 2.24) is 24.2 Å². The third-order valence-corrected chi connectivity index (χ3v) is 7.30. The van der Waals surface area contributed by atoms with E-state index in [1.165, 1.54) is 34.9 Å². The molecule has 178 valence electrons. The van der Waals surface area contributed by atoms with Gasteiger partial charge in [0.25, 0.3) is 5.56 Å². The molecule has 0 bridgehead atoms. The first-order valence-electron chi connectivity index (χ1n) is 12.3. The molecular weight excluding hydrogens is 422 g/mol. The zero-order valence-electron chi connectivity index (χ0n) is 20.9. The maximum absolute atomic E-state index is 12.2. The molecule has 1 saturated heterocycles. The van der Waals surface area contributed by atoms with E-state index in [1.54, 1.807) is 4.57 Å². The van der Waals surface area contributed by atoms with Crippen LogP contribution in [0.3, 0.4) is 0 Å². The number of pyridine rings is 1. The molecule has 0 amide bonds. The lowest BCUT2D eigenvalue weighted by Crippen LogP contribution is -2.32. The van der Waals surface area contributed by atoms with E-state index < -0.39 is 0 Å². The van der Waals surface area contributed by atoms with Crippen LogP contribution in [0.4, 0.5) is 0 Å². The second kappa shape index (κ2) is 8.91. The minimum atomic E-state index is 0.0580. The minimum Gasteiger partial charge on any atom is -0.354 e. The molecule has 0 radical (unpaired) electrons. The fourth-order valence-electron chi connectivity index (χ4n) is 5.53. The maximum atomic E-state index is 12.2. The van der Waals surface area contributed by atoms with Crippen molar-refractivity contribution < 1.29 is 0 Å². The molecule has 6 nitrogen and oxygen atoms in total. The van der Waals surface area contributed by atoms with Crippen molar-refractivity contribution in [3.05, 3.63) is 75.5 Å². The van der Waals surface area contributed by atoms with E-state index >= 15 is 0 Å². The number of H-pyrrole nitrogens is 1. The molecule has 34 heavy (non-hydrogen) atoms. The average Bonchev–Trinajstić information content (AvgIpc) is 3.40. The molecule has 0 saturated carbocycles. The molecule has 4 aromatic rings. The predicted octanol–water partition coefficient (Wildman–Crippen LogP) is 5.08. The van der Waals surface area contributed by atoms with Crippen LogP contribution in [0.25, 0.3) is 22.2 Å². The van der Waals surface area contributed by atoms with E-state index in [0.717, 1.165) is 42.1 Å². The van der Waals surface area contributed by atoms with E-state index in [2.05, 4.69) is 53.1 Å². The van der Waals surface area contributed by atoms with Crippen molar-refractivity contribution in [3.63, 3.8) is 0 Å². The van der Waals surface area contributed by atoms with E-state index in [1.807, 2.05) is 44.2 Å². The summed E-state index contributed by atoms with van der Waals surface area (Å²) >= 11 is 0. The van der Waals surface area contributed by atoms with Gasteiger partial charge in [0.2, 0.25) is 0 Å². The number of piperidine rings is 1. The van der Waals surface area contributed by atoms with Gasteiger partial charge in [0.15, 0.2) is 0 Å². The summed E-state index contributed by atoms with van der Waals surface area (Å²) < 4.78 is 3.57. The predicted molar refractivity (Wildman–Crippen MR) is 138 cm³/mol. The van der Waals surface area contributed by atoms with E-state index in [9.17, 15) is 4.79 Å². The number of rotatable bonds is 5. The van der Waals surface area contributed by atoms with Crippen LogP contribution in [-0.2, 0) is 20.6 Å². The second-order valence-corrected chi connectivity index (χ2v) is 10.2. The number of likely N-dealkylation sites (tertiary alicyclic amines) is 1. The highest BCUT2D eigenvalue weighted by Gasteiger charge is 2.23. The lowest BCUT2D eigenvalue weighted by Gasteiger charge is -2.31. The summed E-state index contributed by atoms with van der Waals surface area (Å²) in [5.41, 5.74) is 8.12. The SMILES string of the molecule is Cc1cc(-c2[nH]c3ccc(C4CCN(Cc5ccn(C)n5)CC4)cc3c2C(C)C)cn(C)c1=O. The first kappa shape index (κ1) is 22.7. The summed E-state index contributed by atoms with van der Waals surface area (Å²) in [6.45, 7) is 9.54. The van der Waals surface area contributed by atoms with Crippen molar-refractivity contribution >= 4 is 10.9 Å². The molecule has 4 heterocycles. The van der Waals surface area contributed by atoms with Crippen LogP contribution in [-0.4, -0.2) is 37.3 Å². The third-order valence-electron chi connectivity index (χ3n) is 7.30. The monoisotopic (exact) mass is 457 g/mol. The highest BCUT2D eigenvalue weighted by molar-refractivity contribution is 5.92. The smallest absolute Gasteiger partial charge is 0.253 e. The first-order valence-corrected chi connectivity index (χ1v) is 12.3. The normalized spacial score (nSPS) is 15.6. The molecule has 3 aromatic heterocycles. The number of hydrogen-bond donors (Lipinski definition) is 1. The number of fused-ring (bicyclic) bond motifs is 1. The van der Waals surface area contributed by atoms with Crippen LogP contribution in [0.5, 0.6) is 0 Å². The summed E-state index contributed by atoms with van der Waals surface area (Å²) in [4.78, 5) is 18.4. The van der Waals surface area contributed by atoms with Crippen molar-refractivity contribution in [2.75, 3.05) is 13.1 Å². The third kappa shape index (κ3) is 4.23. The first-order chi connectivity index (χ1) is 16.3. The lowest BCUT2D eigenvalue weighted by atomic mass is 9.87. The summed E-state index contributed by atoms with van der Waals surface area (Å²) in [5.74, 6) is 0.958. The zero-order chi connectivity index (χ0) is 24.0. The molecule has 6 heteroatoms. The van der Waals surface area contributed by atoms with Crippen LogP contribution in [0.2, 0.25) is 0 Å². The fraction of sp³-hybridized carbons (Fsp3) is 0.429. The van der Waals surface area contributed by atoms with Crippen LogP contribution in [0.15, 0.2) is 47.5 Å². The van der Waals surface area contributed by atoms with Gasteiger partial charge in [-0.3, -0.25) is 14.4 Å². The number of aromatic nitrogens is 4. The zero-order valence-corrected chi connectivity index (χ0v) is 20.9. The molecule has 0 aliphatic carbocycles. The topological polar surface area (TPSA) is 58.9 Å². The summed E-state index contributed by atoms with van der Waals surface area (Å²) in [5, 5.41) is 5.85. The van der Waals surface area contributed by atoms with Crippen LogP contribution >= 0.6 is 0 Å². The molecule has 1 fully saturated rings. The Bertz CT molecular complexity index is 1360. The van der Waals surface area contributed by atoms with Gasteiger partial charge in [0.1, 0.15) is 0 Å². The largest absolute Gasteiger partial charge is 0.354 e. The van der Waals surface area contributed by atoms with Gasteiger partial charge in [-0.2, -0.15) is 5.10 Å². The molecule has 1 aromatic carbocycles. The standard InChI is InChI=1S/C28H35N5O/c1-18(2)26-24-15-21(20-8-12-33(13-9-20)17-23-10-11-32(5)30-23)6-7-25(24)29-27(26)22-14-19(3)28(34)31(4)16-22/h6-7,10-11,14-16,18,20,29H,8-9,12-13,17H2,1-5H3. The number of aryl methyl sites for hydroxylation is 3. The summed E-state index contributed by atoms with van der Waals surface area (Å²) in [7, 11) is 3.80. The van der Waals surface area contributed by atoms with E-state index in [4.69, 9.17) is 0 Å². The molecule has 5 rings (SSSR count). The molecule has 1 N–H and O–H groups in total. The number of benzene rings is 1. The Morgan fingerprint density at radius 2 is 1.88 bits per heavy atom. The Kier molecular flexibility index (Phi) is 5.94. The Labute approximate surface area is 201 Å². The molecule has 0 spiro atoms. The Morgan fingerprint density at radius 3 is 2.53 bits per heavy atom. The average molecular weight is 458 g/mol. The molecule has 0 unspecified atom stereocenters. The van der Waals surface area contributed by atoms with Crippen LogP contribution in [0, 0.1) is 6.92 Å².